The molecule has 15 heavy (non-hydrogen) atoms. The first-order chi connectivity index (χ1) is 7.30. The van der Waals surface area contributed by atoms with E-state index in [0.29, 0.717) is 11.9 Å². The molecule has 3 nitrogen and oxygen atoms in total. The average Bonchev–Trinajstić information content (AvgIpc) is 2.29. The van der Waals surface area contributed by atoms with Gasteiger partial charge in [0.1, 0.15) is 0 Å². The monoisotopic (exact) mass is 208 g/mol. The SMILES string of the molecule is CCNC(CC)Cc1cccc(OC)n1. The van der Waals surface area contributed by atoms with Gasteiger partial charge in [0.25, 0.3) is 0 Å². The van der Waals surface area contributed by atoms with Crippen molar-refractivity contribution in [3.8, 4) is 5.88 Å². The van der Waals surface area contributed by atoms with E-state index in [-0.39, 0.29) is 0 Å². The molecule has 0 radical (unpaired) electrons. The average molecular weight is 208 g/mol. The second-order valence-corrected chi connectivity index (χ2v) is 3.54. The Morgan fingerprint density at radius 3 is 2.80 bits per heavy atom. The van der Waals surface area contributed by atoms with Crippen LogP contribution in [0.2, 0.25) is 0 Å². The third-order valence-corrected chi connectivity index (χ3v) is 2.43. The van der Waals surface area contributed by atoms with Crippen molar-refractivity contribution in [1.29, 1.82) is 0 Å². The molecule has 0 saturated carbocycles. The first-order valence-corrected chi connectivity index (χ1v) is 5.53. The number of hydrogen-bond donors (Lipinski definition) is 1. The van der Waals surface area contributed by atoms with Gasteiger partial charge in [-0.25, -0.2) is 4.98 Å². The van der Waals surface area contributed by atoms with E-state index >= 15 is 0 Å². The lowest BCUT2D eigenvalue weighted by Crippen LogP contribution is -2.30. The van der Waals surface area contributed by atoms with Crippen molar-refractivity contribution in [2.75, 3.05) is 13.7 Å². The van der Waals surface area contributed by atoms with E-state index in [4.69, 9.17) is 4.74 Å². The van der Waals surface area contributed by atoms with Crippen LogP contribution in [-0.4, -0.2) is 24.7 Å². The van der Waals surface area contributed by atoms with Crippen LogP contribution in [0.5, 0.6) is 5.88 Å². The van der Waals surface area contributed by atoms with Gasteiger partial charge in [-0.15, -0.1) is 0 Å². The first-order valence-electron chi connectivity index (χ1n) is 5.53. The molecule has 1 heterocycles. The smallest absolute Gasteiger partial charge is 0.213 e. The lowest BCUT2D eigenvalue weighted by Gasteiger charge is -2.15. The van der Waals surface area contributed by atoms with Gasteiger partial charge in [-0.05, 0) is 19.0 Å². The van der Waals surface area contributed by atoms with Crippen LogP contribution in [0.1, 0.15) is 26.0 Å². The molecule has 0 fully saturated rings. The third kappa shape index (κ3) is 3.88. The summed E-state index contributed by atoms with van der Waals surface area (Å²) in [5.74, 6) is 0.693. The maximum absolute atomic E-state index is 5.10. The molecule has 0 amide bonds. The van der Waals surface area contributed by atoms with Crippen LogP contribution < -0.4 is 10.1 Å². The van der Waals surface area contributed by atoms with Crippen molar-refractivity contribution in [1.82, 2.24) is 10.3 Å². The van der Waals surface area contributed by atoms with Gasteiger partial charge in [0.05, 0.1) is 7.11 Å². The number of nitrogens with zero attached hydrogens (tertiary/aromatic N) is 1. The molecule has 1 atom stereocenters. The van der Waals surface area contributed by atoms with E-state index in [1.54, 1.807) is 7.11 Å². The molecule has 1 rings (SSSR count). The fraction of sp³-hybridized carbons (Fsp3) is 0.583. The summed E-state index contributed by atoms with van der Waals surface area (Å²) in [5.41, 5.74) is 1.09. The maximum atomic E-state index is 5.10. The van der Waals surface area contributed by atoms with Crippen molar-refractivity contribution in [3.63, 3.8) is 0 Å². The molecule has 1 N–H and O–H groups in total. The molecule has 1 unspecified atom stereocenters. The second kappa shape index (κ2) is 6.40. The first kappa shape index (κ1) is 12.0. The zero-order valence-corrected chi connectivity index (χ0v) is 9.79. The predicted molar refractivity (Wildman–Crippen MR) is 62.2 cm³/mol. The molecule has 0 aliphatic rings. The number of rotatable bonds is 6. The third-order valence-electron chi connectivity index (χ3n) is 2.43. The van der Waals surface area contributed by atoms with E-state index in [0.717, 1.165) is 25.1 Å². The molecule has 3 heteroatoms. The molecular weight excluding hydrogens is 188 g/mol. The molecule has 84 valence electrons. The summed E-state index contributed by atoms with van der Waals surface area (Å²) in [6.07, 6.45) is 2.08. The van der Waals surface area contributed by atoms with Crippen molar-refractivity contribution < 1.29 is 4.74 Å². The van der Waals surface area contributed by atoms with Gasteiger partial charge in [0.2, 0.25) is 5.88 Å². The zero-order valence-electron chi connectivity index (χ0n) is 9.79. The Hall–Kier alpha value is -1.09. The van der Waals surface area contributed by atoms with Crippen molar-refractivity contribution in [3.05, 3.63) is 23.9 Å². The van der Waals surface area contributed by atoms with Crippen molar-refractivity contribution in [2.24, 2.45) is 0 Å². The molecule has 0 spiro atoms. The summed E-state index contributed by atoms with van der Waals surface area (Å²) in [5, 5.41) is 3.44. The fourth-order valence-electron chi connectivity index (χ4n) is 1.59. The number of likely N-dealkylation sites (N-methyl/N-ethyl adjacent to an activating group) is 1. The molecular formula is C12H20N2O. The minimum absolute atomic E-state index is 0.509. The number of nitrogens with one attached hydrogen (secondary N) is 1. The maximum Gasteiger partial charge on any atom is 0.213 e. The normalized spacial score (nSPS) is 12.5. The van der Waals surface area contributed by atoms with E-state index in [2.05, 4.69) is 24.1 Å². The minimum Gasteiger partial charge on any atom is -0.481 e. The van der Waals surface area contributed by atoms with Crippen LogP contribution in [0.15, 0.2) is 18.2 Å². The summed E-state index contributed by atoms with van der Waals surface area (Å²) < 4.78 is 5.10. The van der Waals surface area contributed by atoms with Crippen LogP contribution in [0, 0.1) is 0 Å². The largest absolute Gasteiger partial charge is 0.481 e. The molecule has 0 saturated heterocycles. The van der Waals surface area contributed by atoms with Gasteiger partial charge in [0.15, 0.2) is 0 Å². The number of aromatic nitrogens is 1. The standard InChI is InChI=1S/C12H20N2O/c1-4-10(13-5-2)9-11-7-6-8-12(14-11)15-3/h6-8,10,13H,4-5,9H2,1-3H3. The van der Waals surface area contributed by atoms with Crippen LogP contribution in [0.3, 0.4) is 0 Å². The van der Waals surface area contributed by atoms with Crippen molar-refractivity contribution >= 4 is 0 Å². The number of hydrogen-bond acceptors (Lipinski definition) is 3. The van der Waals surface area contributed by atoms with Gasteiger partial charge in [-0.3, -0.25) is 0 Å². The molecule has 0 bridgehead atoms. The summed E-state index contributed by atoms with van der Waals surface area (Å²) in [6.45, 7) is 5.32. The van der Waals surface area contributed by atoms with E-state index in [1.807, 2.05) is 18.2 Å². The Kier molecular flexibility index (Phi) is 5.12. The lowest BCUT2D eigenvalue weighted by atomic mass is 10.1. The second-order valence-electron chi connectivity index (χ2n) is 3.54. The molecule has 0 aliphatic carbocycles. The zero-order chi connectivity index (χ0) is 11.1. The minimum atomic E-state index is 0.509. The predicted octanol–water partition coefficient (Wildman–Crippen LogP) is 2.02. The quantitative estimate of drug-likeness (QED) is 0.776. The van der Waals surface area contributed by atoms with Crippen LogP contribution in [0.4, 0.5) is 0 Å². The Balaban J connectivity index is 2.61. The summed E-state index contributed by atoms with van der Waals surface area (Å²) in [7, 11) is 1.65. The highest BCUT2D eigenvalue weighted by Gasteiger charge is 2.07. The highest BCUT2D eigenvalue weighted by Crippen LogP contribution is 2.09. The van der Waals surface area contributed by atoms with Crippen LogP contribution >= 0.6 is 0 Å². The van der Waals surface area contributed by atoms with Crippen molar-refractivity contribution in [2.45, 2.75) is 32.7 Å². The Morgan fingerprint density at radius 2 is 2.20 bits per heavy atom. The van der Waals surface area contributed by atoms with E-state index in [9.17, 15) is 0 Å². The number of ether oxygens (including phenoxy) is 1. The summed E-state index contributed by atoms with van der Waals surface area (Å²) in [4.78, 5) is 4.40. The highest BCUT2D eigenvalue weighted by atomic mass is 16.5. The van der Waals surface area contributed by atoms with Gasteiger partial charge in [-0.1, -0.05) is 19.9 Å². The van der Waals surface area contributed by atoms with Crippen LogP contribution in [-0.2, 0) is 6.42 Å². The molecule has 1 aromatic rings. The Labute approximate surface area is 91.9 Å². The van der Waals surface area contributed by atoms with E-state index < -0.39 is 0 Å². The Morgan fingerprint density at radius 1 is 1.40 bits per heavy atom. The molecule has 1 aromatic heterocycles. The molecule has 0 aromatic carbocycles. The van der Waals surface area contributed by atoms with E-state index in [1.165, 1.54) is 0 Å². The number of pyridine rings is 1. The van der Waals surface area contributed by atoms with Crippen LogP contribution in [0.25, 0.3) is 0 Å². The lowest BCUT2D eigenvalue weighted by molar-refractivity contribution is 0.394. The summed E-state index contributed by atoms with van der Waals surface area (Å²) >= 11 is 0. The summed E-state index contributed by atoms with van der Waals surface area (Å²) in [6, 6.07) is 6.41. The fourth-order valence-corrected chi connectivity index (χ4v) is 1.59. The van der Waals surface area contributed by atoms with Gasteiger partial charge < -0.3 is 10.1 Å². The number of methoxy groups -OCH3 is 1. The van der Waals surface area contributed by atoms with Gasteiger partial charge in [0, 0.05) is 24.2 Å². The highest BCUT2D eigenvalue weighted by molar-refractivity contribution is 5.16. The Bertz CT molecular complexity index is 289. The molecule has 0 aliphatic heterocycles. The topological polar surface area (TPSA) is 34.1 Å². The van der Waals surface area contributed by atoms with Gasteiger partial charge >= 0.3 is 0 Å². The van der Waals surface area contributed by atoms with Gasteiger partial charge in [-0.2, -0.15) is 0 Å².